The Kier molecular flexibility index (Phi) is 2.79. The van der Waals surface area contributed by atoms with Crippen LogP contribution in [0.15, 0.2) is 11.8 Å². The molecule has 0 spiro atoms. The Labute approximate surface area is 84.7 Å². The van der Waals surface area contributed by atoms with Crippen molar-refractivity contribution in [2.75, 3.05) is 13.7 Å². The maximum Gasteiger partial charge on any atom is 0.124 e. The van der Waals surface area contributed by atoms with E-state index in [1.54, 1.807) is 7.11 Å². The van der Waals surface area contributed by atoms with Crippen LogP contribution in [0.1, 0.15) is 32.1 Å². The molecule has 0 radical (unpaired) electrons. The lowest BCUT2D eigenvalue weighted by atomic mass is 9.81. The van der Waals surface area contributed by atoms with E-state index in [0.29, 0.717) is 6.42 Å². The Hall–Kier alpha value is -0.540. The number of hydrogen-bond acceptors (Lipinski definition) is 3. The van der Waals surface area contributed by atoms with Crippen molar-refractivity contribution in [1.29, 1.82) is 0 Å². The first-order valence-corrected chi connectivity index (χ1v) is 5.33. The molecular weight excluding hydrogens is 180 g/mol. The molecule has 0 bridgehead atoms. The van der Waals surface area contributed by atoms with Crippen molar-refractivity contribution in [3.05, 3.63) is 11.8 Å². The molecule has 0 amide bonds. The molecule has 1 aliphatic carbocycles. The van der Waals surface area contributed by atoms with E-state index in [1.807, 2.05) is 6.08 Å². The number of aliphatic hydroxyl groups is 1. The number of methoxy groups -OCH3 is 1. The van der Waals surface area contributed by atoms with Crippen LogP contribution in [0, 0.1) is 0 Å². The molecule has 0 aromatic rings. The molecule has 1 N–H and O–H groups in total. The summed E-state index contributed by atoms with van der Waals surface area (Å²) in [6.45, 7) is 0.718. The van der Waals surface area contributed by atoms with E-state index in [1.165, 1.54) is 0 Å². The monoisotopic (exact) mass is 198 g/mol. The lowest BCUT2D eigenvalue weighted by Crippen LogP contribution is -2.40. The summed E-state index contributed by atoms with van der Waals surface area (Å²) in [6, 6.07) is 0. The Morgan fingerprint density at radius 2 is 2.50 bits per heavy atom. The van der Waals surface area contributed by atoms with E-state index in [9.17, 15) is 5.11 Å². The van der Waals surface area contributed by atoms with Crippen molar-refractivity contribution in [2.24, 2.45) is 0 Å². The molecule has 3 heteroatoms. The standard InChI is InChI=1S/C11H18O3/c1-13-9-4-2-6-11(12,8-9)10-5-3-7-14-10/h5,9,12H,2-4,6-8H2,1H3. The molecule has 80 valence electrons. The predicted octanol–water partition coefficient (Wildman–Crippen LogP) is 1.61. The average Bonchev–Trinajstić information content (AvgIpc) is 2.71. The summed E-state index contributed by atoms with van der Waals surface area (Å²) >= 11 is 0. The van der Waals surface area contributed by atoms with Gasteiger partial charge in [0.05, 0.1) is 12.7 Å². The molecule has 2 unspecified atom stereocenters. The first kappa shape index (κ1) is 9.99. The van der Waals surface area contributed by atoms with Crippen LogP contribution in [0.3, 0.4) is 0 Å². The largest absolute Gasteiger partial charge is 0.495 e. The van der Waals surface area contributed by atoms with Gasteiger partial charge in [-0.25, -0.2) is 0 Å². The molecule has 2 aliphatic rings. The second-order valence-electron chi connectivity index (χ2n) is 4.19. The minimum atomic E-state index is -0.755. The molecule has 0 aromatic heterocycles. The van der Waals surface area contributed by atoms with Crippen molar-refractivity contribution in [3.63, 3.8) is 0 Å². The summed E-state index contributed by atoms with van der Waals surface area (Å²) in [5, 5.41) is 10.4. The van der Waals surface area contributed by atoms with Crippen LogP contribution in [0.25, 0.3) is 0 Å². The van der Waals surface area contributed by atoms with Crippen molar-refractivity contribution in [1.82, 2.24) is 0 Å². The molecule has 1 saturated carbocycles. The normalized spacial score (nSPS) is 37.9. The first-order chi connectivity index (χ1) is 6.74. The summed E-state index contributed by atoms with van der Waals surface area (Å²) in [5.74, 6) is 0.777. The smallest absolute Gasteiger partial charge is 0.124 e. The molecule has 2 atom stereocenters. The number of ether oxygens (including phenoxy) is 2. The first-order valence-electron chi connectivity index (χ1n) is 5.33. The highest BCUT2D eigenvalue weighted by molar-refractivity contribution is 5.14. The molecule has 14 heavy (non-hydrogen) atoms. The summed E-state index contributed by atoms with van der Waals surface area (Å²) in [4.78, 5) is 0. The third-order valence-electron chi connectivity index (χ3n) is 3.18. The summed E-state index contributed by atoms with van der Waals surface area (Å²) in [6.07, 6.45) is 6.65. The van der Waals surface area contributed by atoms with Crippen LogP contribution in [0.4, 0.5) is 0 Å². The highest BCUT2D eigenvalue weighted by Crippen LogP contribution is 2.37. The summed E-state index contributed by atoms with van der Waals surface area (Å²) in [5.41, 5.74) is -0.755. The Morgan fingerprint density at radius 3 is 3.14 bits per heavy atom. The number of hydrogen-bond donors (Lipinski definition) is 1. The quantitative estimate of drug-likeness (QED) is 0.732. The van der Waals surface area contributed by atoms with Gasteiger partial charge in [0.1, 0.15) is 11.4 Å². The lowest BCUT2D eigenvalue weighted by Gasteiger charge is -2.36. The molecular formula is C11H18O3. The van der Waals surface area contributed by atoms with E-state index in [0.717, 1.165) is 38.0 Å². The van der Waals surface area contributed by atoms with Gasteiger partial charge in [0, 0.05) is 20.0 Å². The minimum Gasteiger partial charge on any atom is -0.495 e. The van der Waals surface area contributed by atoms with Crippen LogP contribution in [0.2, 0.25) is 0 Å². The second-order valence-corrected chi connectivity index (χ2v) is 4.19. The Bertz CT molecular complexity index is 237. The zero-order valence-electron chi connectivity index (χ0n) is 8.66. The van der Waals surface area contributed by atoms with Gasteiger partial charge in [-0.2, -0.15) is 0 Å². The molecule has 1 aliphatic heterocycles. The van der Waals surface area contributed by atoms with Gasteiger partial charge >= 0.3 is 0 Å². The Balaban J connectivity index is 2.06. The number of rotatable bonds is 2. The van der Waals surface area contributed by atoms with Crippen molar-refractivity contribution in [3.8, 4) is 0 Å². The van der Waals surface area contributed by atoms with Crippen LogP contribution >= 0.6 is 0 Å². The van der Waals surface area contributed by atoms with E-state index < -0.39 is 5.60 Å². The SMILES string of the molecule is COC1CCCC(O)(C2=CCCO2)C1. The van der Waals surface area contributed by atoms with Crippen molar-refractivity contribution in [2.45, 2.75) is 43.8 Å². The minimum absolute atomic E-state index is 0.179. The van der Waals surface area contributed by atoms with Crippen LogP contribution in [0.5, 0.6) is 0 Å². The fourth-order valence-electron chi connectivity index (χ4n) is 2.37. The van der Waals surface area contributed by atoms with Crippen LogP contribution in [-0.2, 0) is 9.47 Å². The molecule has 3 nitrogen and oxygen atoms in total. The van der Waals surface area contributed by atoms with Gasteiger partial charge in [-0.3, -0.25) is 0 Å². The molecule has 0 saturated heterocycles. The van der Waals surface area contributed by atoms with Gasteiger partial charge in [0.15, 0.2) is 0 Å². The molecule has 0 aromatic carbocycles. The topological polar surface area (TPSA) is 38.7 Å². The van der Waals surface area contributed by atoms with Gasteiger partial charge < -0.3 is 14.6 Å². The molecule has 2 rings (SSSR count). The van der Waals surface area contributed by atoms with Crippen molar-refractivity contribution >= 4 is 0 Å². The van der Waals surface area contributed by atoms with E-state index >= 15 is 0 Å². The van der Waals surface area contributed by atoms with Crippen LogP contribution in [-0.4, -0.2) is 30.5 Å². The summed E-state index contributed by atoms with van der Waals surface area (Å²) in [7, 11) is 1.71. The van der Waals surface area contributed by atoms with Gasteiger partial charge in [-0.05, 0) is 25.3 Å². The van der Waals surface area contributed by atoms with E-state index in [4.69, 9.17) is 9.47 Å². The summed E-state index contributed by atoms with van der Waals surface area (Å²) < 4.78 is 10.7. The Morgan fingerprint density at radius 1 is 1.64 bits per heavy atom. The molecule has 1 heterocycles. The van der Waals surface area contributed by atoms with E-state index in [2.05, 4.69) is 0 Å². The fraction of sp³-hybridized carbons (Fsp3) is 0.818. The van der Waals surface area contributed by atoms with Gasteiger partial charge in [0.2, 0.25) is 0 Å². The third kappa shape index (κ3) is 1.79. The molecule has 1 fully saturated rings. The highest BCUT2D eigenvalue weighted by atomic mass is 16.5. The van der Waals surface area contributed by atoms with Gasteiger partial charge in [0.25, 0.3) is 0 Å². The van der Waals surface area contributed by atoms with Crippen molar-refractivity contribution < 1.29 is 14.6 Å². The zero-order valence-corrected chi connectivity index (χ0v) is 8.66. The zero-order chi connectivity index (χ0) is 10.0. The third-order valence-corrected chi connectivity index (χ3v) is 3.18. The van der Waals surface area contributed by atoms with Crippen LogP contribution < -0.4 is 0 Å². The van der Waals surface area contributed by atoms with E-state index in [-0.39, 0.29) is 6.10 Å². The predicted molar refractivity (Wildman–Crippen MR) is 52.9 cm³/mol. The second kappa shape index (κ2) is 3.91. The highest BCUT2D eigenvalue weighted by Gasteiger charge is 2.39. The lowest BCUT2D eigenvalue weighted by molar-refractivity contribution is -0.0622. The average molecular weight is 198 g/mol. The fourth-order valence-corrected chi connectivity index (χ4v) is 2.37. The maximum atomic E-state index is 10.4. The van der Waals surface area contributed by atoms with Gasteiger partial charge in [-0.15, -0.1) is 0 Å². The van der Waals surface area contributed by atoms with Gasteiger partial charge in [-0.1, -0.05) is 0 Å². The maximum absolute atomic E-state index is 10.4.